The van der Waals surface area contributed by atoms with Crippen molar-refractivity contribution in [1.82, 2.24) is 9.55 Å². The molecule has 0 spiro atoms. The summed E-state index contributed by atoms with van der Waals surface area (Å²) in [6.07, 6.45) is 9.24. The van der Waals surface area contributed by atoms with E-state index >= 15 is 0 Å². The van der Waals surface area contributed by atoms with Crippen LogP contribution in [0.5, 0.6) is 0 Å². The van der Waals surface area contributed by atoms with E-state index in [1.807, 2.05) is 0 Å². The number of halogens is 1. The monoisotopic (exact) mass is 348 g/mol. The molecule has 3 heteroatoms. The first-order valence-corrected chi connectivity index (χ1v) is 9.40. The van der Waals surface area contributed by atoms with Crippen LogP contribution >= 0.6 is 15.9 Å². The van der Waals surface area contributed by atoms with Crippen LogP contribution in [0.15, 0.2) is 24.3 Å². The second-order valence-electron chi connectivity index (χ2n) is 6.50. The first kappa shape index (κ1) is 15.1. The Hall–Kier alpha value is -0.830. The SMILES string of the molecule is CCc1nc2ccccc2n1CC1(CBr)CCCCCC1. The van der Waals surface area contributed by atoms with Crippen LogP contribution in [0.25, 0.3) is 11.0 Å². The summed E-state index contributed by atoms with van der Waals surface area (Å²) in [6, 6.07) is 8.58. The number of hydrogen-bond acceptors (Lipinski definition) is 1. The molecule has 0 saturated heterocycles. The third-order valence-corrected chi connectivity index (χ3v) is 6.18. The zero-order valence-corrected chi connectivity index (χ0v) is 14.5. The molecule has 0 radical (unpaired) electrons. The molecule has 1 heterocycles. The number of rotatable bonds is 4. The minimum Gasteiger partial charge on any atom is -0.327 e. The second-order valence-corrected chi connectivity index (χ2v) is 7.07. The average molecular weight is 349 g/mol. The van der Waals surface area contributed by atoms with Gasteiger partial charge in [-0.05, 0) is 30.4 Å². The lowest BCUT2D eigenvalue weighted by molar-refractivity contribution is 0.243. The number of alkyl halides is 1. The summed E-state index contributed by atoms with van der Waals surface area (Å²) in [5.74, 6) is 1.24. The van der Waals surface area contributed by atoms with Crippen LogP contribution in [0.3, 0.4) is 0 Å². The lowest BCUT2D eigenvalue weighted by atomic mass is 9.82. The predicted octanol–water partition coefficient (Wildman–Crippen LogP) is 5.33. The van der Waals surface area contributed by atoms with Gasteiger partial charge in [-0.2, -0.15) is 0 Å². The maximum absolute atomic E-state index is 4.83. The number of imidazole rings is 1. The molecule has 0 unspecified atom stereocenters. The molecule has 1 fully saturated rings. The summed E-state index contributed by atoms with van der Waals surface area (Å²) in [7, 11) is 0. The summed E-state index contributed by atoms with van der Waals surface area (Å²) in [6.45, 7) is 3.33. The summed E-state index contributed by atoms with van der Waals surface area (Å²) in [5.41, 5.74) is 2.86. The molecule has 1 aliphatic rings. The molecule has 21 heavy (non-hydrogen) atoms. The Kier molecular flexibility index (Phi) is 4.68. The van der Waals surface area contributed by atoms with Crippen molar-refractivity contribution in [2.24, 2.45) is 5.41 Å². The molecular weight excluding hydrogens is 324 g/mol. The standard InChI is InChI=1S/C18H25BrN2/c1-2-17-20-15-9-5-6-10-16(15)21(17)14-18(13-19)11-7-3-4-8-12-18/h5-6,9-10H,2-4,7-8,11-14H2,1H3. The Morgan fingerprint density at radius 2 is 1.86 bits per heavy atom. The Labute approximate surface area is 136 Å². The van der Waals surface area contributed by atoms with Crippen LogP contribution in [0.4, 0.5) is 0 Å². The van der Waals surface area contributed by atoms with E-state index in [2.05, 4.69) is 51.7 Å². The zero-order valence-electron chi connectivity index (χ0n) is 12.9. The maximum atomic E-state index is 4.83. The topological polar surface area (TPSA) is 17.8 Å². The minimum absolute atomic E-state index is 0.407. The molecule has 0 bridgehead atoms. The van der Waals surface area contributed by atoms with Crippen LogP contribution in [0.2, 0.25) is 0 Å². The Bertz CT molecular complexity index is 594. The van der Waals surface area contributed by atoms with Crippen molar-refractivity contribution in [3.8, 4) is 0 Å². The first-order chi connectivity index (χ1) is 10.3. The van der Waals surface area contributed by atoms with Gasteiger partial charge in [0, 0.05) is 18.3 Å². The maximum Gasteiger partial charge on any atom is 0.109 e. The molecule has 114 valence electrons. The van der Waals surface area contributed by atoms with Crippen molar-refractivity contribution >= 4 is 27.0 Å². The van der Waals surface area contributed by atoms with Gasteiger partial charge in [-0.3, -0.25) is 0 Å². The van der Waals surface area contributed by atoms with Crippen molar-refractivity contribution in [3.63, 3.8) is 0 Å². The van der Waals surface area contributed by atoms with E-state index < -0.39 is 0 Å². The smallest absolute Gasteiger partial charge is 0.109 e. The summed E-state index contributed by atoms with van der Waals surface area (Å²) in [4.78, 5) is 4.83. The molecule has 1 saturated carbocycles. The quantitative estimate of drug-likeness (QED) is 0.539. The lowest BCUT2D eigenvalue weighted by Gasteiger charge is -2.32. The van der Waals surface area contributed by atoms with Gasteiger partial charge < -0.3 is 4.57 Å². The number of hydrogen-bond donors (Lipinski definition) is 0. The second kappa shape index (κ2) is 6.51. The highest BCUT2D eigenvalue weighted by atomic mass is 79.9. The summed E-state index contributed by atoms with van der Waals surface area (Å²) < 4.78 is 2.49. The van der Waals surface area contributed by atoms with Gasteiger partial charge in [0.15, 0.2) is 0 Å². The Morgan fingerprint density at radius 1 is 1.14 bits per heavy atom. The molecule has 0 amide bonds. The van der Waals surface area contributed by atoms with Gasteiger partial charge in [0.05, 0.1) is 11.0 Å². The molecule has 0 atom stereocenters. The van der Waals surface area contributed by atoms with Gasteiger partial charge in [-0.25, -0.2) is 4.98 Å². The number of aromatic nitrogens is 2. The van der Waals surface area contributed by atoms with Crippen molar-refractivity contribution < 1.29 is 0 Å². The third-order valence-electron chi connectivity index (χ3n) is 4.99. The molecule has 1 aliphatic carbocycles. The van der Waals surface area contributed by atoms with Crippen LogP contribution in [0.1, 0.15) is 51.3 Å². The van der Waals surface area contributed by atoms with E-state index in [4.69, 9.17) is 4.98 Å². The van der Waals surface area contributed by atoms with E-state index in [1.54, 1.807) is 0 Å². The van der Waals surface area contributed by atoms with Gasteiger partial charge >= 0.3 is 0 Å². The van der Waals surface area contributed by atoms with Crippen molar-refractivity contribution in [1.29, 1.82) is 0 Å². The van der Waals surface area contributed by atoms with Crippen molar-refractivity contribution in [2.45, 2.75) is 58.4 Å². The van der Waals surface area contributed by atoms with Crippen LogP contribution < -0.4 is 0 Å². The normalized spacial score (nSPS) is 18.8. The Balaban J connectivity index is 1.98. The van der Waals surface area contributed by atoms with E-state index in [1.165, 1.54) is 49.9 Å². The van der Waals surface area contributed by atoms with E-state index in [-0.39, 0.29) is 0 Å². The van der Waals surface area contributed by atoms with E-state index in [9.17, 15) is 0 Å². The lowest BCUT2D eigenvalue weighted by Crippen LogP contribution is -2.29. The molecule has 1 aromatic carbocycles. The fraction of sp³-hybridized carbons (Fsp3) is 0.611. The van der Waals surface area contributed by atoms with Crippen molar-refractivity contribution in [3.05, 3.63) is 30.1 Å². The van der Waals surface area contributed by atoms with Gasteiger partial charge in [0.1, 0.15) is 5.82 Å². The molecule has 0 N–H and O–H groups in total. The summed E-state index contributed by atoms with van der Waals surface area (Å²) >= 11 is 3.83. The van der Waals surface area contributed by atoms with Gasteiger partial charge in [0.25, 0.3) is 0 Å². The number of nitrogens with zero attached hydrogens (tertiary/aromatic N) is 2. The molecule has 3 rings (SSSR count). The van der Waals surface area contributed by atoms with Crippen LogP contribution in [-0.2, 0) is 13.0 Å². The first-order valence-electron chi connectivity index (χ1n) is 8.28. The predicted molar refractivity (Wildman–Crippen MR) is 93.0 cm³/mol. The van der Waals surface area contributed by atoms with Crippen molar-refractivity contribution in [2.75, 3.05) is 5.33 Å². The van der Waals surface area contributed by atoms with E-state index in [0.29, 0.717) is 5.41 Å². The van der Waals surface area contributed by atoms with Crippen LogP contribution in [0, 0.1) is 5.41 Å². The van der Waals surface area contributed by atoms with Gasteiger partial charge in [-0.15, -0.1) is 0 Å². The highest BCUT2D eigenvalue weighted by Gasteiger charge is 2.31. The average Bonchev–Trinajstić information content (AvgIpc) is 2.70. The highest BCUT2D eigenvalue weighted by molar-refractivity contribution is 9.09. The van der Waals surface area contributed by atoms with Gasteiger partial charge in [0.2, 0.25) is 0 Å². The Morgan fingerprint density at radius 3 is 2.52 bits per heavy atom. The number of fused-ring (bicyclic) bond motifs is 1. The fourth-order valence-corrected chi connectivity index (χ4v) is 4.46. The molecular formula is C18H25BrN2. The molecule has 2 aromatic rings. The number of benzene rings is 1. The van der Waals surface area contributed by atoms with Gasteiger partial charge in [-0.1, -0.05) is 60.7 Å². The molecule has 2 nitrogen and oxygen atoms in total. The highest BCUT2D eigenvalue weighted by Crippen LogP contribution is 2.39. The summed E-state index contributed by atoms with van der Waals surface area (Å²) in [5, 5.41) is 1.11. The molecule has 0 aliphatic heterocycles. The largest absolute Gasteiger partial charge is 0.327 e. The third kappa shape index (κ3) is 3.03. The number of aryl methyl sites for hydroxylation is 1. The van der Waals surface area contributed by atoms with Crippen LogP contribution in [-0.4, -0.2) is 14.9 Å². The van der Waals surface area contributed by atoms with E-state index in [0.717, 1.165) is 23.8 Å². The molecule has 1 aromatic heterocycles. The number of para-hydroxylation sites is 2. The zero-order chi connectivity index (χ0) is 14.7. The fourth-order valence-electron chi connectivity index (χ4n) is 3.72. The minimum atomic E-state index is 0.407.